The predicted molar refractivity (Wildman–Crippen MR) is 155 cm³/mol. The first kappa shape index (κ1) is 25.8. The van der Waals surface area contributed by atoms with Crippen LogP contribution in [-0.2, 0) is 0 Å². The van der Waals surface area contributed by atoms with Crippen molar-refractivity contribution < 1.29 is 0 Å². The van der Waals surface area contributed by atoms with Crippen molar-refractivity contribution in [1.82, 2.24) is 19.6 Å². The lowest BCUT2D eigenvalue weighted by Gasteiger charge is -2.45. The number of hydrogen-bond acceptors (Lipinski definition) is 6. The van der Waals surface area contributed by atoms with Crippen molar-refractivity contribution in [2.45, 2.75) is 18.9 Å². The molecule has 2 fully saturated rings. The Morgan fingerprint density at radius 3 is 2.05 bits per heavy atom. The van der Waals surface area contributed by atoms with Crippen LogP contribution in [0.25, 0.3) is 0 Å². The van der Waals surface area contributed by atoms with Crippen LogP contribution in [0.4, 0.5) is 5.69 Å². The molecule has 1 aromatic rings. The molecule has 5 rings (SSSR count). The molecule has 1 aliphatic carbocycles. The molecule has 0 radical (unpaired) electrons. The Hall–Kier alpha value is -3.79. The molecule has 2 saturated heterocycles. The van der Waals surface area contributed by atoms with E-state index < -0.39 is 0 Å². The molecule has 0 amide bonds. The summed E-state index contributed by atoms with van der Waals surface area (Å²) in [7, 11) is 2.10. The molecule has 0 bridgehead atoms. The fraction of sp³-hybridized carbons (Fsp3) is 0.464. The lowest BCUT2D eigenvalue weighted by Crippen LogP contribution is -2.57. The van der Waals surface area contributed by atoms with Gasteiger partial charge in [0.2, 0.25) is 0 Å². The summed E-state index contributed by atoms with van der Waals surface area (Å²) < 4.78 is 0. The standard InChI is InChI=1S/C28H40N10/c1-28(38-17-15-37(16-18-38)27(31)32)9-7-22(8-10-28)25-19-24(33-20-34(25)2)21-3-5-23(6-4-21)35-11-13-36(14-12-35)26(29)30/h3-9,19H,10-18,20H2,1-2H3,(H3,29,30)(H3,31,32). The topological polar surface area (TPSA) is 128 Å². The Kier molecular flexibility index (Phi) is 7.16. The van der Waals surface area contributed by atoms with Crippen LogP contribution < -0.4 is 16.4 Å². The van der Waals surface area contributed by atoms with Crippen molar-refractivity contribution in [2.24, 2.45) is 16.5 Å². The largest absolute Gasteiger partial charge is 0.370 e. The second kappa shape index (κ2) is 10.5. The fourth-order valence-corrected chi connectivity index (χ4v) is 5.68. The van der Waals surface area contributed by atoms with Gasteiger partial charge in [-0.1, -0.05) is 30.4 Å². The molecule has 0 aromatic heterocycles. The molecule has 38 heavy (non-hydrogen) atoms. The van der Waals surface area contributed by atoms with E-state index in [1.54, 1.807) is 0 Å². The molecule has 1 unspecified atom stereocenters. The average Bonchev–Trinajstić information content (AvgIpc) is 2.94. The van der Waals surface area contributed by atoms with Gasteiger partial charge in [0, 0.05) is 76.3 Å². The zero-order chi connectivity index (χ0) is 26.9. The Morgan fingerprint density at radius 2 is 1.50 bits per heavy atom. The lowest BCUT2D eigenvalue weighted by molar-refractivity contribution is 0.0948. The molecule has 6 N–H and O–H groups in total. The third-order valence-electron chi connectivity index (χ3n) is 8.28. The number of guanidine groups is 2. The number of nitrogens with two attached hydrogens (primary N) is 2. The van der Waals surface area contributed by atoms with Gasteiger partial charge in [0.1, 0.15) is 6.67 Å². The SMILES string of the molecule is CN1CN=C(c2ccc(N3CCN(C(=N)N)CC3)cc2)C=C1C1=CCC(C)(N2CCN(C(=N)N)CC2)C=C1. The van der Waals surface area contributed by atoms with Gasteiger partial charge in [0.15, 0.2) is 11.9 Å². The highest BCUT2D eigenvalue weighted by Gasteiger charge is 2.33. The van der Waals surface area contributed by atoms with Crippen LogP contribution in [0, 0.1) is 10.8 Å². The minimum atomic E-state index is -0.0250. The van der Waals surface area contributed by atoms with E-state index in [-0.39, 0.29) is 17.5 Å². The first-order chi connectivity index (χ1) is 18.2. The van der Waals surface area contributed by atoms with Gasteiger partial charge in [0.05, 0.1) is 5.71 Å². The number of nitrogens with zero attached hydrogens (tertiary/aromatic N) is 6. The van der Waals surface area contributed by atoms with E-state index in [9.17, 15) is 0 Å². The highest BCUT2D eigenvalue weighted by atomic mass is 15.3. The maximum absolute atomic E-state index is 7.69. The highest BCUT2D eigenvalue weighted by Crippen LogP contribution is 2.32. The van der Waals surface area contributed by atoms with Gasteiger partial charge in [-0.25, -0.2) is 0 Å². The van der Waals surface area contributed by atoms with Crippen molar-refractivity contribution in [2.75, 3.05) is 71.0 Å². The zero-order valence-corrected chi connectivity index (χ0v) is 22.5. The Balaban J connectivity index is 1.24. The first-order valence-electron chi connectivity index (χ1n) is 13.4. The summed E-state index contributed by atoms with van der Waals surface area (Å²) in [4.78, 5) is 15.7. The molecular formula is C28H40N10. The fourth-order valence-electron chi connectivity index (χ4n) is 5.68. The molecule has 3 aliphatic heterocycles. The summed E-state index contributed by atoms with van der Waals surface area (Å²) in [6.07, 6.45) is 10.1. The van der Waals surface area contributed by atoms with Gasteiger partial charge in [-0.3, -0.25) is 20.7 Å². The quantitative estimate of drug-likeness (QED) is 0.352. The number of allylic oxidation sites excluding steroid dienone is 2. The monoisotopic (exact) mass is 516 g/mol. The maximum Gasteiger partial charge on any atom is 0.188 e. The maximum atomic E-state index is 7.69. The molecule has 10 heteroatoms. The summed E-state index contributed by atoms with van der Waals surface area (Å²) in [5.74, 6) is 0.325. The van der Waals surface area contributed by atoms with E-state index in [1.807, 2.05) is 9.80 Å². The van der Waals surface area contributed by atoms with Gasteiger partial charge < -0.3 is 31.1 Å². The van der Waals surface area contributed by atoms with Crippen LogP contribution in [-0.4, -0.2) is 109 Å². The molecule has 0 spiro atoms. The van der Waals surface area contributed by atoms with Gasteiger partial charge in [-0.15, -0.1) is 0 Å². The molecule has 0 saturated carbocycles. The molecule has 1 atom stereocenters. The van der Waals surface area contributed by atoms with E-state index in [4.69, 9.17) is 27.3 Å². The van der Waals surface area contributed by atoms with Gasteiger partial charge in [0.25, 0.3) is 0 Å². The Morgan fingerprint density at radius 1 is 0.895 bits per heavy atom. The zero-order valence-electron chi connectivity index (χ0n) is 22.5. The molecular weight excluding hydrogens is 476 g/mol. The van der Waals surface area contributed by atoms with Crippen molar-refractivity contribution in [3.8, 4) is 0 Å². The number of rotatable bonds is 4. The summed E-state index contributed by atoms with van der Waals surface area (Å²) in [5.41, 5.74) is 17.0. The van der Waals surface area contributed by atoms with E-state index in [0.717, 1.165) is 70.1 Å². The third-order valence-corrected chi connectivity index (χ3v) is 8.28. The molecule has 202 valence electrons. The summed E-state index contributed by atoms with van der Waals surface area (Å²) >= 11 is 0. The van der Waals surface area contributed by atoms with Crippen molar-refractivity contribution >= 4 is 23.3 Å². The van der Waals surface area contributed by atoms with Gasteiger partial charge >= 0.3 is 0 Å². The summed E-state index contributed by atoms with van der Waals surface area (Å²) in [6.45, 7) is 9.63. The Labute approximate surface area is 225 Å². The number of anilines is 1. The average molecular weight is 517 g/mol. The molecule has 1 aromatic carbocycles. The molecule has 3 heterocycles. The highest BCUT2D eigenvalue weighted by molar-refractivity contribution is 6.10. The minimum Gasteiger partial charge on any atom is -0.370 e. The van der Waals surface area contributed by atoms with Crippen LogP contribution in [0.3, 0.4) is 0 Å². The number of piperazine rings is 2. The van der Waals surface area contributed by atoms with Crippen LogP contribution in [0.5, 0.6) is 0 Å². The molecule has 4 aliphatic rings. The number of benzene rings is 1. The third kappa shape index (κ3) is 5.26. The minimum absolute atomic E-state index is 0.0250. The summed E-state index contributed by atoms with van der Waals surface area (Å²) in [5, 5.41) is 15.3. The van der Waals surface area contributed by atoms with E-state index in [2.05, 4.69) is 77.2 Å². The van der Waals surface area contributed by atoms with Crippen molar-refractivity contribution in [3.63, 3.8) is 0 Å². The Bertz CT molecular complexity index is 1180. The van der Waals surface area contributed by atoms with Crippen molar-refractivity contribution in [1.29, 1.82) is 10.8 Å². The number of nitrogens with one attached hydrogen (secondary N) is 2. The number of aliphatic imine (C=N–C) groups is 1. The normalized spacial score (nSPS) is 24.6. The second-order valence-corrected chi connectivity index (χ2v) is 10.7. The molecule has 10 nitrogen and oxygen atoms in total. The van der Waals surface area contributed by atoms with E-state index >= 15 is 0 Å². The van der Waals surface area contributed by atoms with E-state index in [1.165, 1.54) is 17.0 Å². The van der Waals surface area contributed by atoms with Crippen molar-refractivity contribution in [3.05, 3.63) is 65.4 Å². The first-order valence-corrected chi connectivity index (χ1v) is 13.4. The second-order valence-electron chi connectivity index (χ2n) is 10.7. The van der Waals surface area contributed by atoms with Crippen LogP contribution >= 0.6 is 0 Å². The smallest absolute Gasteiger partial charge is 0.188 e. The van der Waals surface area contributed by atoms with Gasteiger partial charge in [-0.05, 0) is 42.7 Å². The summed E-state index contributed by atoms with van der Waals surface area (Å²) in [6, 6.07) is 8.66. The predicted octanol–water partition coefficient (Wildman–Crippen LogP) is 1.43. The van der Waals surface area contributed by atoms with E-state index in [0.29, 0.717) is 6.67 Å². The lowest BCUT2D eigenvalue weighted by atomic mass is 9.86. The van der Waals surface area contributed by atoms with Crippen LogP contribution in [0.2, 0.25) is 0 Å². The number of hydrogen-bond donors (Lipinski definition) is 4. The van der Waals surface area contributed by atoms with Crippen LogP contribution in [0.1, 0.15) is 18.9 Å². The van der Waals surface area contributed by atoms with Crippen LogP contribution in [0.15, 0.2) is 64.8 Å². The number of likely N-dealkylation sites (N-methyl/N-ethyl adjacent to an activating group) is 1. The van der Waals surface area contributed by atoms with Gasteiger partial charge in [-0.2, -0.15) is 0 Å².